The summed E-state index contributed by atoms with van der Waals surface area (Å²) in [7, 11) is 1.46. The Kier molecular flexibility index (Phi) is 1.68. The minimum absolute atomic E-state index is 0.0631. The SMILES string of the molecule is COC(=O)[C@H]1S[C@H]2C=C[C@@H]1C2. The molecular formula is C8H10O2S. The summed E-state index contributed by atoms with van der Waals surface area (Å²) in [6.07, 6.45) is 5.46. The number of hydrogen-bond acceptors (Lipinski definition) is 3. The van der Waals surface area contributed by atoms with Gasteiger partial charge in [-0.25, -0.2) is 0 Å². The van der Waals surface area contributed by atoms with E-state index in [1.165, 1.54) is 7.11 Å². The molecule has 2 bridgehead atoms. The number of carbonyl (C=O) groups is 1. The zero-order valence-electron chi connectivity index (χ0n) is 6.32. The first kappa shape index (κ1) is 7.22. The van der Waals surface area contributed by atoms with Gasteiger partial charge in [-0.3, -0.25) is 4.79 Å². The Hall–Kier alpha value is -0.440. The van der Waals surface area contributed by atoms with Crippen molar-refractivity contribution < 1.29 is 9.53 Å². The van der Waals surface area contributed by atoms with E-state index < -0.39 is 0 Å². The normalized spacial score (nSPS) is 39.5. The van der Waals surface area contributed by atoms with E-state index in [4.69, 9.17) is 4.74 Å². The standard InChI is InChI=1S/C8H10O2S/c1-10-8(9)7-5-2-3-6(4-5)11-7/h2-3,5-7H,4H2,1H3/t5-,6+,7+/m1/s1. The number of thioether (sulfide) groups is 1. The van der Waals surface area contributed by atoms with Gasteiger partial charge in [0.15, 0.2) is 0 Å². The van der Waals surface area contributed by atoms with Gasteiger partial charge in [0.1, 0.15) is 5.25 Å². The van der Waals surface area contributed by atoms with Crippen molar-refractivity contribution in [2.75, 3.05) is 7.11 Å². The summed E-state index contributed by atoms with van der Waals surface area (Å²) in [4.78, 5) is 11.1. The summed E-state index contributed by atoms with van der Waals surface area (Å²) in [5, 5.41) is 0.652. The summed E-state index contributed by atoms with van der Waals surface area (Å²) < 4.78 is 4.69. The molecule has 1 fully saturated rings. The zero-order valence-corrected chi connectivity index (χ0v) is 7.14. The maximum Gasteiger partial charge on any atom is 0.319 e. The molecule has 0 spiro atoms. The van der Waals surface area contributed by atoms with Gasteiger partial charge in [-0.2, -0.15) is 0 Å². The zero-order chi connectivity index (χ0) is 7.84. The second-order valence-electron chi connectivity index (χ2n) is 2.90. The Balaban J connectivity index is 2.08. The maximum absolute atomic E-state index is 11.1. The molecule has 0 amide bonds. The fourth-order valence-corrected chi connectivity index (χ4v) is 3.16. The fourth-order valence-electron chi connectivity index (χ4n) is 1.65. The third kappa shape index (κ3) is 1.07. The minimum atomic E-state index is -0.0631. The van der Waals surface area contributed by atoms with E-state index in [0.717, 1.165) is 6.42 Å². The van der Waals surface area contributed by atoms with Crippen molar-refractivity contribution in [3.63, 3.8) is 0 Å². The molecule has 0 aromatic carbocycles. The molecule has 3 atom stereocenters. The van der Waals surface area contributed by atoms with Crippen LogP contribution in [0.3, 0.4) is 0 Å². The highest BCUT2D eigenvalue weighted by Crippen LogP contribution is 2.45. The molecule has 0 aromatic heterocycles. The first-order valence-corrected chi connectivity index (χ1v) is 4.67. The first-order chi connectivity index (χ1) is 5.31. The van der Waals surface area contributed by atoms with Gasteiger partial charge in [0.05, 0.1) is 7.11 Å². The van der Waals surface area contributed by atoms with Crippen molar-refractivity contribution in [2.24, 2.45) is 5.92 Å². The smallest absolute Gasteiger partial charge is 0.319 e. The third-order valence-corrected chi connectivity index (χ3v) is 3.76. The van der Waals surface area contributed by atoms with Crippen molar-refractivity contribution in [3.8, 4) is 0 Å². The molecule has 1 aliphatic heterocycles. The molecule has 0 unspecified atom stereocenters. The molecule has 60 valence electrons. The molecule has 1 heterocycles. The van der Waals surface area contributed by atoms with Gasteiger partial charge in [-0.1, -0.05) is 12.2 Å². The number of hydrogen-bond donors (Lipinski definition) is 0. The number of allylic oxidation sites excluding steroid dienone is 1. The van der Waals surface area contributed by atoms with Crippen LogP contribution in [0.25, 0.3) is 0 Å². The topological polar surface area (TPSA) is 26.3 Å². The minimum Gasteiger partial charge on any atom is -0.468 e. The highest BCUT2D eigenvalue weighted by atomic mass is 32.2. The van der Waals surface area contributed by atoms with Gasteiger partial charge in [0.25, 0.3) is 0 Å². The lowest BCUT2D eigenvalue weighted by molar-refractivity contribution is -0.140. The molecule has 3 heteroatoms. The van der Waals surface area contributed by atoms with Crippen LogP contribution < -0.4 is 0 Å². The summed E-state index contributed by atoms with van der Waals surface area (Å²) in [5.41, 5.74) is 0. The number of rotatable bonds is 1. The quantitative estimate of drug-likeness (QED) is 0.437. The molecule has 2 nitrogen and oxygen atoms in total. The highest BCUT2D eigenvalue weighted by Gasteiger charge is 2.41. The Bertz CT molecular complexity index is 212. The van der Waals surface area contributed by atoms with E-state index in [2.05, 4.69) is 12.2 Å². The second-order valence-corrected chi connectivity index (χ2v) is 4.29. The lowest BCUT2D eigenvalue weighted by Crippen LogP contribution is -2.23. The van der Waals surface area contributed by atoms with E-state index in [1.54, 1.807) is 11.8 Å². The number of methoxy groups -OCH3 is 1. The Labute approximate surface area is 70.0 Å². The molecular weight excluding hydrogens is 160 g/mol. The predicted molar refractivity (Wildman–Crippen MR) is 44.4 cm³/mol. The van der Waals surface area contributed by atoms with Crippen LogP contribution in [0.5, 0.6) is 0 Å². The van der Waals surface area contributed by atoms with Crippen LogP contribution in [0.2, 0.25) is 0 Å². The van der Waals surface area contributed by atoms with Gasteiger partial charge in [0, 0.05) is 11.2 Å². The van der Waals surface area contributed by atoms with Gasteiger partial charge < -0.3 is 4.74 Å². The Morgan fingerprint density at radius 1 is 1.64 bits per heavy atom. The Morgan fingerprint density at radius 2 is 2.45 bits per heavy atom. The van der Waals surface area contributed by atoms with Crippen LogP contribution in [-0.2, 0) is 9.53 Å². The summed E-state index contributed by atoms with van der Waals surface area (Å²) >= 11 is 1.73. The van der Waals surface area contributed by atoms with Crippen LogP contribution in [0, 0.1) is 5.92 Å². The molecule has 2 aliphatic rings. The lowest BCUT2D eigenvalue weighted by Gasteiger charge is -2.13. The van der Waals surface area contributed by atoms with Crippen molar-refractivity contribution >= 4 is 17.7 Å². The van der Waals surface area contributed by atoms with Crippen LogP contribution in [0.15, 0.2) is 12.2 Å². The Morgan fingerprint density at radius 3 is 2.91 bits per heavy atom. The number of esters is 1. The molecule has 0 saturated carbocycles. The molecule has 1 saturated heterocycles. The fraction of sp³-hybridized carbons (Fsp3) is 0.625. The molecule has 0 N–H and O–H groups in total. The monoisotopic (exact) mass is 170 g/mol. The van der Waals surface area contributed by atoms with E-state index in [1.807, 2.05) is 0 Å². The molecule has 1 aliphatic carbocycles. The number of ether oxygens (including phenoxy) is 1. The maximum atomic E-state index is 11.1. The van der Waals surface area contributed by atoms with Crippen LogP contribution in [-0.4, -0.2) is 23.6 Å². The van der Waals surface area contributed by atoms with Crippen LogP contribution in [0.4, 0.5) is 0 Å². The first-order valence-electron chi connectivity index (χ1n) is 3.73. The highest BCUT2D eigenvalue weighted by molar-refractivity contribution is 8.01. The van der Waals surface area contributed by atoms with E-state index in [9.17, 15) is 4.79 Å². The number of fused-ring (bicyclic) bond motifs is 2. The largest absolute Gasteiger partial charge is 0.468 e. The lowest BCUT2D eigenvalue weighted by atomic mass is 10.1. The van der Waals surface area contributed by atoms with Crippen molar-refractivity contribution in [2.45, 2.75) is 16.9 Å². The predicted octanol–water partition coefficient (Wildman–Crippen LogP) is 1.22. The third-order valence-electron chi connectivity index (χ3n) is 2.22. The average Bonchev–Trinajstić information content (AvgIpc) is 2.62. The van der Waals surface area contributed by atoms with E-state index >= 15 is 0 Å². The summed E-state index contributed by atoms with van der Waals surface area (Å²) in [5.74, 6) is 0.379. The van der Waals surface area contributed by atoms with Gasteiger partial charge in [-0.05, 0) is 6.42 Å². The summed E-state index contributed by atoms with van der Waals surface area (Å²) in [6.45, 7) is 0. The van der Waals surface area contributed by atoms with E-state index in [-0.39, 0.29) is 11.2 Å². The number of carbonyl (C=O) groups excluding carboxylic acids is 1. The van der Waals surface area contributed by atoms with Crippen molar-refractivity contribution in [1.82, 2.24) is 0 Å². The molecule has 11 heavy (non-hydrogen) atoms. The van der Waals surface area contributed by atoms with Crippen molar-refractivity contribution in [1.29, 1.82) is 0 Å². The van der Waals surface area contributed by atoms with Gasteiger partial charge in [-0.15, -0.1) is 11.8 Å². The average molecular weight is 170 g/mol. The molecule has 0 radical (unpaired) electrons. The van der Waals surface area contributed by atoms with Crippen molar-refractivity contribution in [3.05, 3.63) is 12.2 Å². The molecule has 0 aromatic rings. The molecule has 2 rings (SSSR count). The second kappa shape index (κ2) is 2.55. The van der Waals surface area contributed by atoms with E-state index in [0.29, 0.717) is 11.2 Å². The van der Waals surface area contributed by atoms with Crippen LogP contribution >= 0.6 is 11.8 Å². The van der Waals surface area contributed by atoms with Gasteiger partial charge in [0.2, 0.25) is 0 Å². The van der Waals surface area contributed by atoms with Gasteiger partial charge >= 0.3 is 5.97 Å². The summed E-state index contributed by atoms with van der Waals surface area (Å²) in [6, 6.07) is 0. The van der Waals surface area contributed by atoms with Crippen LogP contribution in [0.1, 0.15) is 6.42 Å².